The Balaban J connectivity index is 1.31. The van der Waals surface area contributed by atoms with Crippen LogP contribution in [0.1, 0.15) is 12.8 Å². The summed E-state index contributed by atoms with van der Waals surface area (Å²) >= 11 is 5.93. The summed E-state index contributed by atoms with van der Waals surface area (Å²) in [4.78, 5) is 30.6. The first-order valence-electron chi connectivity index (χ1n) is 10.2. The van der Waals surface area contributed by atoms with Gasteiger partial charge in [0.25, 0.3) is 0 Å². The lowest BCUT2D eigenvalue weighted by Gasteiger charge is -2.33. The Morgan fingerprint density at radius 1 is 1.10 bits per heavy atom. The van der Waals surface area contributed by atoms with E-state index in [9.17, 15) is 9.59 Å². The second-order valence-corrected chi connectivity index (χ2v) is 7.90. The highest BCUT2D eigenvalue weighted by molar-refractivity contribution is 6.30. The van der Waals surface area contributed by atoms with Gasteiger partial charge in [-0.25, -0.2) is 4.79 Å². The fraction of sp³-hybridized carbons (Fsp3) is 0.429. The molecule has 2 aromatic rings. The Kier molecular flexibility index (Phi) is 6.41. The van der Waals surface area contributed by atoms with Crippen molar-refractivity contribution in [1.29, 1.82) is 0 Å². The van der Waals surface area contributed by atoms with Crippen LogP contribution in [0.2, 0.25) is 5.02 Å². The molecule has 0 N–H and O–H groups in total. The van der Waals surface area contributed by atoms with Crippen molar-refractivity contribution in [2.24, 2.45) is 0 Å². The van der Waals surface area contributed by atoms with E-state index in [0.717, 1.165) is 18.5 Å². The van der Waals surface area contributed by atoms with Crippen LogP contribution in [0.25, 0.3) is 0 Å². The van der Waals surface area contributed by atoms with Crippen molar-refractivity contribution in [1.82, 2.24) is 20.0 Å². The third-order valence-corrected chi connectivity index (χ3v) is 5.65. The zero-order chi connectivity index (χ0) is 21.8. The monoisotopic (exact) mass is 445 g/mol. The molecule has 9 nitrogen and oxygen atoms in total. The van der Waals surface area contributed by atoms with Crippen molar-refractivity contribution in [2.75, 3.05) is 44.7 Å². The highest BCUT2D eigenvalue weighted by atomic mass is 35.5. The summed E-state index contributed by atoms with van der Waals surface area (Å²) in [6.07, 6.45) is 1.48. The van der Waals surface area contributed by atoms with Gasteiger partial charge < -0.3 is 19.3 Å². The highest BCUT2D eigenvalue weighted by Gasteiger charge is 2.33. The molecule has 3 heterocycles. The molecule has 4 rings (SSSR count). The SMILES string of the molecule is COc1ccc(OC2CCCN(C(=O)CN3CCN(c4ccc(Cl)cc4)C3=O)C2)nn1. The van der Waals surface area contributed by atoms with Gasteiger partial charge in [-0.05, 0) is 37.1 Å². The van der Waals surface area contributed by atoms with Crippen LogP contribution in [-0.2, 0) is 4.79 Å². The number of ether oxygens (including phenoxy) is 2. The van der Waals surface area contributed by atoms with Crippen LogP contribution in [-0.4, -0.2) is 77.9 Å². The zero-order valence-corrected chi connectivity index (χ0v) is 18.0. The molecule has 1 atom stereocenters. The molecule has 1 aromatic heterocycles. The van der Waals surface area contributed by atoms with Crippen LogP contribution in [0.4, 0.5) is 10.5 Å². The number of nitrogens with zero attached hydrogens (tertiary/aromatic N) is 5. The van der Waals surface area contributed by atoms with Crippen molar-refractivity contribution in [3.05, 3.63) is 41.4 Å². The van der Waals surface area contributed by atoms with E-state index < -0.39 is 0 Å². The molecule has 0 saturated carbocycles. The molecule has 1 unspecified atom stereocenters. The van der Waals surface area contributed by atoms with Crippen molar-refractivity contribution in [3.8, 4) is 11.8 Å². The third kappa shape index (κ3) is 4.99. The second kappa shape index (κ2) is 9.38. The Morgan fingerprint density at radius 3 is 2.55 bits per heavy atom. The fourth-order valence-electron chi connectivity index (χ4n) is 3.76. The van der Waals surface area contributed by atoms with Gasteiger partial charge in [-0.3, -0.25) is 9.69 Å². The molecule has 3 amide bonds. The lowest BCUT2D eigenvalue weighted by molar-refractivity contribution is -0.134. The largest absolute Gasteiger partial charge is 0.480 e. The number of urea groups is 1. The number of methoxy groups -OCH3 is 1. The number of hydrogen-bond acceptors (Lipinski definition) is 6. The molecule has 2 aliphatic rings. The quantitative estimate of drug-likeness (QED) is 0.678. The Labute approximate surface area is 185 Å². The number of carbonyl (C=O) groups excluding carboxylic acids is 2. The maximum atomic E-state index is 12.9. The van der Waals surface area contributed by atoms with Crippen molar-refractivity contribution in [2.45, 2.75) is 18.9 Å². The average molecular weight is 446 g/mol. The van der Waals surface area contributed by atoms with E-state index in [-0.39, 0.29) is 24.6 Å². The van der Waals surface area contributed by atoms with Gasteiger partial charge in [0.05, 0.1) is 13.7 Å². The van der Waals surface area contributed by atoms with Gasteiger partial charge >= 0.3 is 6.03 Å². The van der Waals surface area contributed by atoms with Crippen LogP contribution in [0.3, 0.4) is 0 Å². The number of amides is 3. The number of likely N-dealkylation sites (tertiary alicyclic amines) is 1. The summed E-state index contributed by atoms with van der Waals surface area (Å²) in [5.74, 6) is 0.726. The first kappa shape index (κ1) is 21.2. The van der Waals surface area contributed by atoms with Gasteiger partial charge in [0.2, 0.25) is 17.7 Å². The van der Waals surface area contributed by atoms with Crippen LogP contribution in [0.15, 0.2) is 36.4 Å². The lowest BCUT2D eigenvalue weighted by Crippen LogP contribution is -2.48. The number of rotatable bonds is 6. The van der Waals surface area contributed by atoms with E-state index >= 15 is 0 Å². The average Bonchev–Trinajstić information content (AvgIpc) is 3.15. The Hall–Kier alpha value is -3.07. The van der Waals surface area contributed by atoms with Gasteiger partial charge in [0.1, 0.15) is 12.6 Å². The molecule has 2 aliphatic heterocycles. The van der Waals surface area contributed by atoms with E-state index in [1.807, 2.05) is 0 Å². The summed E-state index contributed by atoms with van der Waals surface area (Å²) in [5.41, 5.74) is 0.774. The smallest absolute Gasteiger partial charge is 0.325 e. The Morgan fingerprint density at radius 2 is 1.84 bits per heavy atom. The number of hydrogen-bond donors (Lipinski definition) is 0. The first-order chi connectivity index (χ1) is 15.0. The van der Waals surface area contributed by atoms with Crippen LogP contribution >= 0.6 is 11.6 Å². The van der Waals surface area contributed by atoms with E-state index in [1.54, 1.807) is 51.1 Å². The molecule has 2 saturated heterocycles. The van der Waals surface area contributed by atoms with Crippen LogP contribution in [0, 0.1) is 0 Å². The summed E-state index contributed by atoms with van der Waals surface area (Å²) in [6.45, 7) is 2.20. The molecular weight excluding hydrogens is 422 g/mol. The van der Waals surface area contributed by atoms with Gasteiger partial charge in [0, 0.05) is 42.5 Å². The number of piperidine rings is 1. The maximum absolute atomic E-state index is 12.9. The molecule has 31 heavy (non-hydrogen) atoms. The molecule has 0 aliphatic carbocycles. The summed E-state index contributed by atoms with van der Waals surface area (Å²) < 4.78 is 10.9. The van der Waals surface area contributed by atoms with Crippen LogP contribution in [0.5, 0.6) is 11.8 Å². The third-order valence-electron chi connectivity index (χ3n) is 5.40. The first-order valence-corrected chi connectivity index (χ1v) is 10.6. The summed E-state index contributed by atoms with van der Waals surface area (Å²) in [6, 6.07) is 10.3. The molecule has 2 fully saturated rings. The Bertz CT molecular complexity index is 924. The number of halogens is 1. The molecule has 0 radical (unpaired) electrons. The predicted octanol–water partition coefficient (Wildman–Crippen LogP) is 2.45. The minimum atomic E-state index is -0.172. The molecule has 0 spiro atoms. The minimum absolute atomic E-state index is 0.0536. The zero-order valence-electron chi connectivity index (χ0n) is 17.2. The fourth-order valence-corrected chi connectivity index (χ4v) is 3.89. The van der Waals surface area contributed by atoms with Gasteiger partial charge in [0.15, 0.2) is 0 Å². The van der Waals surface area contributed by atoms with Crippen molar-refractivity contribution in [3.63, 3.8) is 0 Å². The molecule has 0 bridgehead atoms. The van der Waals surface area contributed by atoms with E-state index in [2.05, 4.69) is 10.2 Å². The maximum Gasteiger partial charge on any atom is 0.325 e. The summed E-state index contributed by atoms with van der Waals surface area (Å²) in [7, 11) is 1.52. The van der Waals surface area contributed by atoms with E-state index in [0.29, 0.717) is 43.0 Å². The van der Waals surface area contributed by atoms with Crippen LogP contribution < -0.4 is 14.4 Å². The number of carbonyl (C=O) groups is 2. The molecular formula is C21H24ClN5O4. The normalized spacial score (nSPS) is 19.0. The molecule has 164 valence electrons. The van der Waals surface area contributed by atoms with E-state index in [1.165, 1.54) is 7.11 Å². The minimum Gasteiger partial charge on any atom is -0.480 e. The molecule has 10 heteroatoms. The standard InChI is InChI=1S/C21H24ClN5O4/c1-30-18-8-9-19(24-23-18)31-17-3-2-10-25(13-17)20(28)14-26-11-12-27(21(26)29)16-6-4-15(22)5-7-16/h4-9,17H,2-3,10-14H2,1H3. The van der Waals surface area contributed by atoms with E-state index in [4.69, 9.17) is 21.1 Å². The highest BCUT2D eigenvalue weighted by Crippen LogP contribution is 2.23. The molecule has 1 aromatic carbocycles. The van der Waals surface area contributed by atoms with Crippen molar-refractivity contribution < 1.29 is 19.1 Å². The number of aromatic nitrogens is 2. The number of benzene rings is 1. The topological polar surface area (TPSA) is 88.1 Å². The van der Waals surface area contributed by atoms with Crippen molar-refractivity contribution >= 4 is 29.2 Å². The van der Waals surface area contributed by atoms with Gasteiger partial charge in [-0.2, -0.15) is 0 Å². The predicted molar refractivity (Wildman–Crippen MR) is 115 cm³/mol. The number of anilines is 1. The van der Waals surface area contributed by atoms with Gasteiger partial charge in [-0.1, -0.05) is 11.6 Å². The van der Waals surface area contributed by atoms with Gasteiger partial charge in [-0.15, -0.1) is 10.2 Å². The lowest BCUT2D eigenvalue weighted by atomic mass is 10.1. The second-order valence-electron chi connectivity index (χ2n) is 7.47. The summed E-state index contributed by atoms with van der Waals surface area (Å²) in [5, 5.41) is 8.49.